The van der Waals surface area contributed by atoms with Crippen LogP contribution in [-0.4, -0.2) is 14.4 Å². The number of hydrogen-bond donors (Lipinski definition) is 1. The molecule has 5 rings (SSSR count). The van der Waals surface area contributed by atoms with Crippen molar-refractivity contribution in [1.29, 1.82) is 0 Å². The second-order valence-electron chi connectivity index (χ2n) is 9.92. The predicted molar refractivity (Wildman–Crippen MR) is 158 cm³/mol. The number of carbonyl (C=O) groups is 1. The van der Waals surface area contributed by atoms with Crippen molar-refractivity contribution in [2.45, 2.75) is 38.1 Å². The number of hydrogen-bond acceptors (Lipinski definition) is 6. The third kappa shape index (κ3) is 5.99. The van der Waals surface area contributed by atoms with E-state index in [1.54, 1.807) is 61.5 Å². The van der Waals surface area contributed by atoms with Gasteiger partial charge in [0.15, 0.2) is 0 Å². The first-order chi connectivity index (χ1) is 19.6. The molecular weight excluding hydrogens is 538 g/mol. The third-order valence-electron chi connectivity index (χ3n) is 7.06. The summed E-state index contributed by atoms with van der Waals surface area (Å²) in [6.45, 7) is 5.42. The molecule has 1 N–H and O–H groups in total. The number of fused-ring (bicyclic) bond motifs is 1. The normalized spacial score (nSPS) is 12.3. The summed E-state index contributed by atoms with van der Waals surface area (Å²) in [6.07, 6.45) is 0.431. The van der Waals surface area contributed by atoms with Gasteiger partial charge in [-0.1, -0.05) is 78.4 Å². The number of nitrogens with one attached hydrogen (secondary N) is 1. The van der Waals surface area contributed by atoms with E-state index in [0.29, 0.717) is 28.7 Å². The van der Waals surface area contributed by atoms with Crippen LogP contribution in [0.2, 0.25) is 0 Å². The smallest absolute Gasteiger partial charge is 0.340 e. The second kappa shape index (κ2) is 11.5. The molecule has 0 spiro atoms. The Balaban J connectivity index is 1.48. The van der Waals surface area contributed by atoms with Crippen molar-refractivity contribution in [2.75, 3.05) is 0 Å². The van der Waals surface area contributed by atoms with Gasteiger partial charge in [0.05, 0.1) is 4.90 Å². The molecule has 8 heteroatoms. The van der Waals surface area contributed by atoms with E-state index in [9.17, 15) is 18.0 Å². The van der Waals surface area contributed by atoms with Crippen LogP contribution in [0.25, 0.3) is 11.0 Å². The highest BCUT2D eigenvalue weighted by Crippen LogP contribution is 2.31. The van der Waals surface area contributed by atoms with Crippen molar-refractivity contribution in [3.8, 4) is 5.75 Å². The SMILES string of the molecule is Cc1ccc(S(=O)(=O)NC(C(=O)Oc2ccc3c(C)c(Cc4ccccc4)c(=O)oc3c2C)c2ccccc2)cc1. The number of esters is 1. The Bertz CT molecular complexity index is 1880. The predicted octanol–water partition coefficient (Wildman–Crippen LogP) is 5.93. The first kappa shape index (κ1) is 28.0. The van der Waals surface area contributed by atoms with Gasteiger partial charge in [0.2, 0.25) is 10.0 Å². The summed E-state index contributed by atoms with van der Waals surface area (Å²) >= 11 is 0. The van der Waals surface area contributed by atoms with Crippen LogP contribution in [-0.2, 0) is 21.2 Å². The molecule has 0 amide bonds. The van der Waals surface area contributed by atoms with Crippen LogP contribution >= 0.6 is 0 Å². The molecule has 0 aliphatic heterocycles. The van der Waals surface area contributed by atoms with Crippen molar-refractivity contribution < 1.29 is 22.4 Å². The van der Waals surface area contributed by atoms with Gasteiger partial charge in [-0.3, -0.25) is 0 Å². The highest BCUT2D eigenvalue weighted by atomic mass is 32.2. The summed E-state index contributed by atoms with van der Waals surface area (Å²) in [6, 6.07) is 26.5. The molecule has 1 unspecified atom stereocenters. The van der Waals surface area contributed by atoms with Crippen LogP contribution in [0.4, 0.5) is 0 Å². The van der Waals surface area contributed by atoms with Crippen molar-refractivity contribution in [3.63, 3.8) is 0 Å². The number of rotatable bonds is 8. The average molecular weight is 568 g/mol. The van der Waals surface area contributed by atoms with Crippen LogP contribution in [0.15, 0.2) is 111 Å². The summed E-state index contributed by atoms with van der Waals surface area (Å²) in [4.78, 5) is 26.5. The van der Waals surface area contributed by atoms with Crippen LogP contribution in [0.3, 0.4) is 0 Å². The van der Waals surface area contributed by atoms with E-state index >= 15 is 0 Å². The lowest BCUT2D eigenvalue weighted by atomic mass is 9.98. The quantitative estimate of drug-likeness (QED) is 0.142. The van der Waals surface area contributed by atoms with Crippen LogP contribution < -0.4 is 15.1 Å². The van der Waals surface area contributed by atoms with Crippen LogP contribution in [0.5, 0.6) is 5.75 Å². The molecular formula is C33H29NO6S. The van der Waals surface area contributed by atoms with Gasteiger partial charge in [-0.2, -0.15) is 4.72 Å². The monoisotopic (exact) mass is 567 g/mol. The largest absolute Gasteiger partial charge is 0.425 e. The van der Waals surface area contributed by atoms with Crippen molar-refractivity contribution in [2.24, 2.45) is 0 Å². The van der Waals surface area contributed by atoms with E-state index in [1.165, 1.54) is 12.1 Å². The Morgan fingerprint density at radius 2 is 1.46 bits per heavy atom. The number of benzene rings is 4. The van der Waals surface area contributed by atoms with Crippen molar-refractivity contribution >= 4 is 27.0 Å². The Morgan fingerprint density at radius 3 is 2.12 bits per heavy atom. The van der Waals surface area contributed by atoms with E-state index < -0.39 is 27.7 Å². The lowest BCUT2D eigenvalue weighted by molar-refractivity contribution is -0.136. The summed E-state index contributed by atoms with van der Waals surface area (Å²) in [7, 11) is -4.06. The molecule has 41 heavy (non-hydrogen) atoms. The average Bonchev–Trinajstić information content (AvgIpc) is 2.97. The van der Waals surface area contributed by atoms with Crippen molar-refractivity contribution in [1.82, 2.24) is 4.72 Å². The minimum atomic E-state index is -4.06. The molecule has 7 nitrogen and oxygen atoms in total. The third-order valence-corrected chi connectivity index (χ3v) is 8.50. The van der Waals surface area contributed by atoms with Gasteiger partial charge >= 0.3 is 11.6 Å². The van der Waals surface area contributed by atoms with E-state index in [1.807, 2.05) is 44.2 Å². The molecule has 0 radical (unpaired) electrons. The molecule has 4 aromatic carbocycles. The fourth-order valence-electron chi connectivity index (χ4n) is 4.69. The molecule has 1 aromatic heterocycles. The maximum absolute atomic E-state index is 13.5. The standard InChI is InChI=1S/C33H29NO6S/c1-21-14-16-26(17-15-21)41(37,38)34-30(25-12-8-5-9-13-25)33(36)39-29-19-18-27-22(2)28(20-24-10-6-4-7-11-24)32(35)40-31(27)23(29)3/h4-19,30,34H,20H2,1-3H3. The number of carbonyl (C=O) groups excluding carboxylic acids is 1. The summed E-state index contributed by atoms with van der Waals surface area (Å²) in [5, 5.41) is 0.729. The Hall–Kier alpha value is -4.53. The Kier molecular flexibility index (Phi) is 7.88. The highest BCUT2D eigenvalue weighted by Gasteiger charge is 2.30. The molecule has 1 heterocycles. The van der Waals surface area contributed by atoms with Gasteiger partial charge in [0, 0.05) is 22.9 Å². The zero-order valence-corrected chi connectivity index (χ0v) is 23.7. The van der Waals surface area contributed by atoms with Gasteiger partial charge in [0.1, 0.15) is 17.4 Å². The maximum Gasteiger partial charge on any atom is 0.340 e. The number of aryl methyl sites for hydroxylation is 3. The molecule has 0 saturated heterocycles. The minimum Gasteiger partial charge on any atom is -0.425 e. The molecule has 0 fully saturated rings. The molecule has 208 valence electrons. The molecule has 0 saturated carbocycles. The second-order valence-corrected chi connectivity index (χ2v) is 11.6. The van der Waals surface area contributed by atoms with E-state index in [-0.39, 0.29) is 10.6 Å². The molecule has 1 atom stereocenters. The number of sulfonamides is 1. The lowest BCUT2D eigenvalue weighted by Crippen LogP contribution is -2.36. The molecule has 0 aliphatic rings. The number of ether oxygens (including phenoxy) is 1. The summed E-state index contributed by atoms with van der Waals surface area (Å²) < 4.78 is 40.4. The molecule has 5 aromatic rings. The zero-order chi connectivity index (χ0) is 29.1. The minimum absolute atomic E-state index is 0.0299. The van der Waals surface area contributed by atoms with Gasteiger partial charge in [-0.15, -0.1) is 0 Å². The maximum atomic E-state index is 13.5. The van der Waals surface area contributed by atoms with Crippen LogP contribution in [0.1, 0.15) is 39.4 Å². The van der Waals surface area contributed by atoms with E-state index in [4.69, 9.17) is 9.15 Å². The zero-order valence-electron chi connectivity index (χ0n) is 22.9. The Labute approximate surface area is 238 Å². The molecule has 0 bridgehead atoms. The van der Waals surface area contributed by atoms with Crippen molar-refractivity contribution in [3.05, 3.63) is 141 Å². The molecule has 0 aliphatic carbocycles. The van der Waals surface area contributed by atoms with Gasteiger partial charge in [0.25, 0.3) is 0 Å². The summed E-state index contributed by atoms with van der Waals surface area (Å²) in [5.74, 6) is -0.662. The van der Waals surface area contributed by atoms with Gasteiger partial charge in [-0.25, -0.2) is 18.0 Å². The first-order valence-electron chi connectivity index (χ1n) is 13.1. The topological polar surface area (TPSA) is 103 Å². The Morgan fingerprint density at radius 1 is 0.829 bits per heavy atom. The fourth-order valence-corrected chi connectivity index (χ4v) is 5.86. The lowest BCUT2D eigenvalue weighted by Gasteiger charge is -2.19. The van der Waals surface area contributed by atoms with Crippen LogP contribution in [0, 0.1) is 20.8 Å². The van der Waals surface area contributed by atoms with E-state index in [2.05, 4.69) is 4.72 Å². The van der Waals surface area contributed by atoms with E-state index in [0.717, 1.165) is 22.1 Å². The summed E-state index contributed by atoms with van der Waals surface area (Å²) in [5.41, 5.74) is 3.96. The fraction of sp³-hybridized carbons (Fsp3) is 0.152. The van der Waals surface area contributed by atoms with Gasteiger partial charge in [-0.05, 0) is 61.7 Å². The first-order valence-corrected chi connectivity index (χ1v) is 14.6. The highest BCUT2D eigenvalue weighted by molar-refractivity contribution is 7.89. The van der Waals surface area contributed by atoms with Gasteiger partial charge < -0.3 is 9.15 Å².